The molecule has 0 fully saturated rings. The van der Waals surface area contributed by atoms with Crippen molar-refractivity contribution in [1.29, 1.82) is 0 Å². The van der Waals surface area contributed by atoms with Crippen molar-refractivity contribution in [2.45, 2.75) is 6.54 Å². The minimum atomic E-state index is -0.209. The first-order valence-corrected chi connectivity index (χ1v) is 7.36. The van der Waals surface area contributed by atoms with Crippen LogP contribution in [0.25, 0.3) is 0 Å². The summed E-state index contributed by atoms with van der Waals surface area (Å²) in [4.78, 5) is 16.4. The lowest BCUT2D eigenvalue weighted by atomic mass is 10.2. The van der Waals surface area contributed by atoms with Gasteiger partial charge in [0.1, 0.15) is 6.61 Å². The molecule has 1 aromatic carbocycles. The van der Waals surface area contributed by atoms with E-state index in [0.717, 1.165) is 5.56 Å². The Kier molecular flexibility index (Phi) is 6.19. The highest BCUT2D eigenvalue weighted by Gasteiger charge is 2.11. The molecule has 24 heavy (non-hydrogen) atoms. The van der Waals surface area contributed by atoms with Gasteiger partial charge in [0.15, 0.2) is 11.5 Å². The molecule has 0 atom stereocenters. The smallest absolute Gasteiger partial charge is 0.251 e. The molecule has 0 aliphatic carbocycles. The van der Waals surface area contributed by atoms with Gasteiger partial charge in [0, 0.05) is 24.4 Å². The Hall–Kier alpha value is -3.02. The average Bonchev–Trinajstić information content (AvgIpc) is 2.64. The fourth-order valence-electron chi connectivity index (χ4n) is 2.00. The van der Waals surface area contributed by atoms with Crippen LogP contribution in [-0.4, -0.2) is 31.7 Å². The zero-order valence-corrected chi connectivity index (χ0v) is 13.7. The SMILES string of the molecule is C=CCOc1ccc(C(=O)NCc2ccc(OC)nc2)cc1OC. The summed E-state index contributed by atoms with van der Waals surface area (Å²) >= 11 is 0. The number of nitrogens with one attached hydrogen (secondary N) is 1. The summed E-state index contributed by atoms with van der Waals surface area (Å²) in [6, 6.07) is 8.62. The molecule has 1 N–H and O–H groups in total. The maximum atomic E-state index is 12.3. The van der Waals surface area contributed by atoms with Crippen LogP contribution < -0.4 is 19.5 Å². The molecule has 6 nitrogen and oxygen atoms in total. The third-order valence-electron chi connectivity index (χ3n) is 3.24. The summed E-state index contributed by atoms with van der Waals surface area (Å²) < 4.78 is 15.7. The minimum Gasteiger partial charge on any atom is -0.493 e. The van der Waals surface area contributed by atoms with Crippen LogP contribution in [0.5, 0.6) is 17.4 Å². The van der Waals surface area contributed by atoms with E-state index in [0.29, 0.717) is 36.1 Å². The number of methoxy groups -OCH3 is 2. The van der Waals surface area contributed by atoms with Gasteiger partial charge in [0.05, 0.1) is 14.2 Å². The highest BCUT2D eigenvalue weighted by molar-refractivity contribution is 5.94. The number of amides is 1. The number of rotatable bonds is 8. The second-order valence-corrected chi connectivity index (χ2v) is 4.86. The Morgan fingerprint density at radius 1 is 1.21 bits per heavy atom. The van der Waals surface area contributed by atoms with Gasteiger partial charge in [0.2, 0.25) is 5.88 Å². The van der Waals surface area contributed by atoms with E-state index in [2.05, 4.69) is 16.9 Å². The van der Waals surface area contributed by atoms with Crippen molar-refractivity contribution in [3.63, 3.8) is 0 Å². The summed E-state index contributed by atoms with van der Waals surface area (Å²) in [5.41, 5.74) is 1.36. The van der Waals surface area contributed by atoms with Gasteiger partial charge in [0.25, 0.3) is 5.91 Å². The predicted molar refractivity (Wildman–Crippen MR) is 90.6 cm³/mol. The van der Waals surface area contributed by atoms with Crippen molar-refractivity contribution in [3.05, 3.63) is 60.3 Å². The first-order valence-electron chi connectivity index (χ1n) is 7.36. The lowest BCUT2D eigenvalue weighted by Crippen LogP contribution is -2.22. The van der Waals surface area contributed by atoms with Gasteiger partial charge in [-0.15, -0.1) is 0 Å². The van der Waals surface area contributed by atoms with Crippen molar-refractivity contribution in [3.8, 4) is 17.4 Å². The molecular formula is C18H20N2O4. The quantitative estimate of drug-likeness (QED) is 0.754. The summed E-state index contributed by atoms with van der Waals surface area (Å²) in [6.45, 7) is 4.33. The second kappa shape index (κ2) is 8.57. The van der Waals surface area contributed by atoms with E-state index >= 15 is 0 Å². The van der Waals surface area contributed by atoms with Crippen LogP contribution in [-0.2, 0) is 6.54 Å². The number of carbonyl (C=O) groups is 1. The highest BCUT2D eigenvalue weighted by Crippen LogP contribution is 2.28. The third kappa shape index (κ3) is 4.49. The second-order valence-electron chi connectivity index (χ2n) is 4.86. The molecule has 126 valence electrons. The number of ether oxygens (including phenoxy) is 3. The van der Waals surface area contributed by atoms with Crippen LogP contribution in [0.1, 0.15) is 15.9 Å². The molecule has 0 saturated carbocycles. The Bertz CT molecular complexity index is 699. The van der Waals surface area contributed by atoms with Gasteiger partial charge < -0.3 is 19.5 Å². The van der Waals surface area contributed by atoms with Gasteiger partial charge in [-0.2, -0.15) is 0 Å². The first kappa shape index (κ1) is 17.3. The average molecular weight is 328 g/mol. The number of carbonyl (C=O) groups excluding carboxylic acids is 1. The molecule has 0 unspecified atom stereocenters. The topological polar surface area (TPSA) is 69.7 Å². The van der Waals surface area contributed by atoms with Crippen molar-refractivity contribution in [2.75, 3.05) is 20.8 Å². The van der Waals surface area contributed by atoms with Crippen LogP contribution in [0, 0.1) is 0 Å². The molecule has 2 aromatic rings. The molecule has 6 heteroatoms. The van der Waals surface area contributed by atoms with E-state index in [-0.39, 0.29) is 5.91 Å². The molecule has 0 aliphatic heterocycles. The fraction of sp³-hybridized carbons (Fsp3) is 0.222. The summed E-state index contributed by atoms with van der Waals surface area (Å²) in [7, 11) is 3.08. The largest absolute Gasteiger partial charge is 0.493 e. The maximum Gasteiger partial charge on any atom is 0.251 e. The molecule has 1 aromatic heterocycles. The number of benzene rings is 1. The third-order valence-corrected chi connectivity index (χ3v) is 3.24. The number of aromatic nitrogens is 1. The van der Waals surface area contributed by atoms with Gasteiger partial charge in [-0.25, -0.2) is 4.98 Å². The van der Waals surface area contributed by atoms with Gasteiger partial charge >= 0.3 is 0 Å². The molecule has 0 radical (unpaired) electrons. The summed E-state index contributed by atoms with van der Waals surface area (Å²) in [5, 5.41) is 2.83. The van der Waals surface area contributed by atoms with Crippen molar-refractivity contribution < 1.29 is 19.0 Å². The van der Waals surface area contributed by atoms with E-state index in [1.54, 1.807) is 43.6 Å². The molecule has 0 saturated heterocycles. The van der Waals surface area contributed by atoms with E-state index in [4.69, 9.17) is 14.2 Å². The normalized spacial score (nSPS) is 9.92. The maximum absolute atomic E-state index is 12.3. The molecule has 0 spiro atoms. The first-order chi connectivity index (χ1) is 11.7. The molecule has 2 rings (SSSR count). The van der Waals surface area contributed by atoms with Gasteiger partial charge in [-0.1, -0.05) is 18.7 Å². The summed E-state index contributed by atoms with van der Waals surface area (Å²) in [6.07, 6.45) is 3.30. The van der Waals surface area contributed by atoms with Crippen LogP contribution in [0.3, 0.4) is 0 Å². The van der Waals surface area contributed by atoms with Crippen molar-refractivity contribution in [2.24, 2.45) is 0 Å². The molecule has 1 amide bonds. The van der Waals surface area contributed by atoms with Crippen LogP contribution >= 0.6 is 0 Å². The van der Waals surface area contributed by atoms with Gasteiger partial charge in [-0.05, 0) is 23.8 Å². The Labute approximate surface area is 141 Å². The molecule has 1 heterocycles. The van der Waals surface area contributed by atoms with E-state index in [1.165, 1.54) is 7.11 Å². The van der Waals surface area contributed by atoms with E-state index in [1.807, 2.05) is 6.07 Å². The number of pyridine rings is 1. The van der Waals surface area contributed by atoms with Crippen molar-refractivity contribution in [1.82, 2.24) is 10.3 Å². The Morgan fingerprint density at radius 3 is 2.67 bits per heavy atom. The minimum absolute atomic E-state index is 0.209. The lowest BCUT2D eigenvalue weighted by Gasteiger charge is -2.11. The number of hydrogen-bond acceptors (Lipinski definition) is 5. The van der Waals surface area contributed by atoms with Crippen molar-refractivity contribution >= 4 is 5.91 Å². The zero-order valence-electron chi connectivity index (χ0n) is 13.7. The number of nitrogens with zero attached hydrogens (tertiary/aromatic N) is 1. The van der Waals surface area contributed by atoms with Crippen LogP contribution in [0.4, 0.5) is 0 Å². The lowest BCUT2D eigenvalue weighted by molar-refractivity contribution is 0.0950. The van der Waals surface area contributed by atoms with Gasteiger partial charge in [-0.3, -0.25) is 4.79 Å². The fourth-order valence-corrected chi connectivity index (χ4v) is 2.00. The van der Waals surface area contributed by atoms with E-state index in [9.17, 15) is 4.79 Å². The van der Waals surface area contributed by atoms with Crippen LogP contribution in [0.2, 0.25) is 0 Å². The molecule has 0 bridgehead atoms. The Balaban J connectivity index is 2.01. The van der Waals surface area contributed by atoms with E-state index < -0.39 is 0 Å². The predicted octanol–water partition coefficient (Wildman–Crippen LogP) is 2.59. The highest BCUT2D eigenvalue weighted by atomic mass is 16.5. The zero-order chi connectivity index (χ0) is 17.4. The Morgan fingerprint density at radius 2 is 2.04 bits per heavy atom. The standard InChI is InChI=1S/C18H20N2O4/c1-4-9-24-15-7-6-14(10-16(15)22-2)18(21)20-12-13-5-8-17(23-3)19-11-13/h4-8,10-11H,1,9,12H2,2-3H3,(H,20,21). The molecule has 0 aliphatic rings. The van der Waals surface area contributed by atoms with Crippen LogP contribution in [0.15, 0.2) is 49.2 Å². The molecular weight excluding hydrogens is 308 g/mol. The monoisotopic (exact) mass is 328 g/mol. The summed E-state index contributed by atoms with van der Waals surface area (Å²) in [5.74, 6) is 1.38. The number of hydrogen-bond donors (Lipinski definition) is 1.